The van der Waals surface area contributed by atoms with Crippen LogP contribution >= 0.6 is 0 Å². The Morgan fingerprint density at radius 1 is 1.08 bits per heavy atom. The van der Waals surface area contributed by atoms with Gasteiger partial charge in [-0.1, -0.05) is 20.8 Å². The molecule has 1 aliphatic carbocycles. The van der Waals surface area contributed by atoms with E-state index in [1.807, 2.05) is 0 Å². The molecule has 1 nitrogen and oxygen atoms in total. The standard InChI is InChI=1S/C11H21N/c1-11(2,3)10-7-12-6-9(10)8-4-5-8/h8-10,12H,4-7H2,1-3H3. The highest BCUT2D eigenvalue weighted by Crippen LogP contribution is 2.47. The summed E-state index contributed by atoms with van der Waals surface area (Å²) in [6, 6.07) is 0. The average Bonchev–Trinajstić information content (AvgIpc) is 2.65. The van der Waals surface area contributed by atoms with Crippen molar-refractivity contribution in [2.45, 2.75) is 33.6 Å². The summed E-state index contributed by atoms with van der Waals surface area (Å²) in [5.74, 6) is 2.99. The minimum absolute atomic E-state index is 0.511. The molecule has 12 heavy (non-hydrogen) atoms. The first kappa shape index (κ1) is 8.55. The van der Waals surface area contributed by atoms with Crippen LogP contribution in [0.2, 0.25) is 0 Å². The van der Waals surface area contributed by atoms with Crippen LogP contribution in [-0.2, 0) is 0 Å². The van der Waals surface area contributed by atoms with Crippen LogP contribution in [0.15, 0.2) is 0 Å². The van der Waals surface area contributed by atoms with Gasteiger partial charge in [0, 0.05) is 0 Å². The molecule has 0 radical (unpaired) electrons. The Hall–Kier alpha value is -0.0400. The lowest BCUT2D eigenvalue weighted by atomic mass is 9.73. The molecule has 2 atom stereocenters. The zero-order valence-corrected chi connectivity index (χ0v) is 8.56. The van der Waals surface area contributed by atoms with Gasteiger partial charge in [0.2, 0.25) is 0 Å². The van der Waals surface area contributed by atoms with Crippen molar-refractivity contribution < 1.29 is 0 Å². The van der Waals surface area contributed by atoms with E-state index in [2.05, 4.69) is 26.1 Å². The average molecular weight is 167 g/mol. The lowest BCUT2D eigenvalue weighted by molar-refractivity contribution is 0.188. The van der Waals surface area contributed by atoms with Crippen LogP contribution in [0.25, 0.3) is 0 Å². The Bertz CT molecular complexity index is 164. The van der Waals surface area contributed by atoms with Crippen molar-refractivity contribution in [1.29, 1.82) is 0 Å². The van der Waals surface area contributed by atoms with Gasteiger partial charge in [-0.05, 0) is 49.1 Å². The molecule has 2 rings (SSSR count). The van der Waals surface area contributed by atoms with Gasteiger partial charge < -0.3 is 5.32 Å². The van der Waals surface area contributed by atoms with Crippen LogP contribution in [0.3, 0.4) is 0 Å². The molecule has 0 aromatic rings. The molecule has 1 heteroatoms. The monoisotopic (exact) mass is 167 g/mol. The quantitative estimate of drug-likeness (QED) is 0.632. The predicted octanol–water partition coefficient (Wildman–Crippen LogP) is 2.28. The first-order chi connectivity index (χ1) is 5.59. The van der Waals surface area contributed by atoms with Gasteiger partial charge in [0.25, 0.3) is 0 Å². The fraction of sp³-hybridized carbons (Fsp3) is 1.00. The van der Waals surface area contributed by atoms with E-state index in [0.717, 1.165) is 17.8 Å². The van der Waals surface area contributed by atoms with Crippen LogP contribution in [-0.4, -0.2) is 13.1 Å². The van der Waals surface area contributed by atoms with E-state index >= 15 is 0 Å². The highest BCUT2D eigenvalue weighted by atomic mass is 14.9. The van der Waals surface area contributed by atoms with E-state index in [9.17, 15) is 0 Å². The van der Waals surface area contributed by atoms with Crippen LogP contribution in [0.1, 0.15) is 33.6 Å². The van der Waals surface area contributed by atoms with Crippen LogP contribution in [0, 0.1) is 23.2 Å². The largest absolute Gasteiger partial charge is 0.316 e. The molecule has 1 saturated heterocycles. The molecule has 0 aromatic heterocycles. The molecule has 0 aromatic carbocycles. The summed E-state index contributed by atoms with van der Waals surface area (Å²) in [7, 11) is 0. The molecular formula is C11H21N. The van der Waals surface area contributed by atoms with Crippen LogP contribution < -0.4 is 5.32 Å². The van der Waals surface area contributed by atoms with Gasteiger partial charge in [0.1, 0.15) is 0 Å². The van der Waals surface area contributed by atoms with Gasteiger partial charge in [0.05, 0.1) is 0 Å². The van der Waals surface area contributed by atoms with Gasteiger partial charge in [0.15, 0.2) is 0 Å². The number of nitrogens with one attached hydrogen (secondary N) is 1. The lowest BCUT2D eigenvalue weighted by Crippen LogP contribution is -2.28. The SMILES string of the molecule is CC(C)(C)C1CNCC1C1CC1. The summed E-state index contributed by atoms with van der Waals surface area (Å²) < 4.78 is 0. The van der Waals surface area contributed by atoms with Crippen LogP contribution in [0.4, 0.5) is 0 Å². The normalized spacial score (nSPS) is 37.2. The van der Waals surface area contributed by atoms with E-state index in [-0.39, 0.29) is 0 Å². The smallest absolute Gasteiger partial charge is 0.00122 e. The maximum absolute atomic E-state index is 3.55. The summed E-state index contributed by atoms with van der Waals surface area (Å²) in [5, 5.41) is 3.55. The molecule has 2 fully saturated rings. The lowest BCUT2D eigenvalue weighted by Gasteiger charge is -2.31. The summed E-state index contributed by atoms with van der Waals surface area (Å²) in [4.78, 5) is 0. The maximum atomic E-state index is 3.55. The number of hydrogen-bond donors (Lipinski definition) is 1. The molecule has 0 bridgehead atoms. The molecule has 0 amide bonds. The molecule has 1 heterocycles. The molecular weight excluding hydrogens is 146 g/mol. The second-order valence-electron chi connectivity index (χ2n) is 5.63. The molecule has 2 aliphatic rings. The van der Waals surface area contributed by atoms with E-state index in [4.69, 9.17) is 0 Å². The molecule has 1 N–H and O–H groups in total. The Morgan fingerprint density at radius 3 is 2.25 bits per heavy atom. The fourth-order valence-corrected chi connectivity index (χ4v) is 2.67. The van der Waals surface area contributed by atoms with Gasteiger partial charge in [-0.3, -0.25) is 0 Å². The molecule has 2 unspecified atom stereocenters. The van der Waals surface area contributed by atoms with Crippen molar-refractivity contribution in [2.24, 2.45) is 23.2 Å². The Morgan fingerprint density at radius 2 is 1.75 bits per heavy atom. The Kier molecular flexibility index (Phi) is 1.95. The van der Waals surface area contributed by atoms with Crippen molar-refractivity contribution in [3.8, 4) is 0 Å². The molecule has 0 spiro atoms. The second kappa shape index (κ2) is 2.73. The van der Waals surface area contributed by atoms with Crippen LogP contribution in [0.5, 0.6) is 0 Å². The van der Waals surface area contributed by atoms with Gasteiger partial charge in [-0.25, -0.2) is 0 Å². The minimum atomic E-state index is 0.511. The summed E-state index contributed by atoms with van der Waals surface area (Å²) in [6.45, 7) is 9.71. The third kappa shape index (κ3) is 1.52. The van der Waals surface area contributed by atoms with Crippen molar-refractivity contribution in [3.05, 3.63) is 0 Å². The zero-order valence-electron chi connectivity index (χ0n) is 8.56. The number of hydrogen-bond acceptors (Lipinski definition) is 1. The van der Waals surface area contributed by atoms with Gasteiger partial charge >= 0.3 is 0 Å². The van der Waals surface area contributed by atoms with E-state index < -0.39 is 0 Å². The molecule has 1 aliphatic heterocycles. The highest BCUT2D eigenvalue weighted by Gasteiger charge is 2.43. The Labute approximate surface area is 75.9 Å². The highest BCUT2D eigenvalue weighted by molar-refractivity contribution is 4.95. The molecule has 1 saturated carbocycles. The van der Waals surface area contributed by atoms with Gasteiger partial charge in [-0.2, -0.15) is 0 Å². The third-order valence-electron chi connectivity index (χ3n) is 3.60. The van der Waals surface area contributed by atoms with Crippen molar-refractivity contribution in [1.82, 2.24) is 5.32 Å². The second-order valence-corrected chi connectivity index (χ2v) is 5.63. The maximum Gasteiger partial charge on any atom is -0.00122 e. The van der Waals surface area contributed by atoms with E-state index in [0.29, 0.717) is 5.41 Å². The zero-order chi connectivity index (χ0) is 8.77. The van der Waals surface area contributed by atoms with E-state index in [1.165, 1.54) is 25.9 Å². The minimum Gasteiger partial charge on any atom is -0.316 e. The topological polar surface area (TPSA) is 12.0 Å². The Balaban J connectivity index is 2.03. The van der Waals surface area contributed by atoms with Crippen molar-refractivity contribution in [3.63, 3.8) is 0 Å². The third-order valence-corrected chi connectivity index (χ3v) is 3.60. The summed E-state index contributed by atoms with van der Waals surface area (Å²) >= 11 is 0. The van der Waals surface area contributed by atoms with E-state index in [1.54, 1.807) is 0 Å². The number of rotatable bonds is 1. The fourth-order valence-electron chi connectivity index (χ4n) is 2.67. The molecule has 70 valence electrons. The van der Waals surface area contributed by atoms with Crippen molar-refractivity contribution >= 4 is 0 Å². The first-order valence-corrected chi connectivity index (χ1v) is 5.30. The van der Waals surface area contributed by atoms with Crippen molar-refractivity contribution in [2.75, 3.05) is 13.1 Å². The van der Waals surface area contributed by atoms with Gasteiger partial charge in [-0.15, -0.1) is 0 Å². The first-order valence-electron chi connectivity index (χ1n) is 5.30. The predicted molar refractivity (Wildman–Crippen MR) is 52.0 cm³/mol. The summed E-state index contributed by atoms with van der Waals surface area (Å²) in [5.41, 5.74) is 0.511. The summed E-state index contributed by atoms with van der Waals surface area (Å²) in [6.07, 6.45) is 3.00.